The summed E-state index contributed by atoms with van der Waals surface area (Å²) >= 11 is 0. The second-order valence-corrected chi connectivity index (χ2v) is 7.03. The molecule has 1 fully saturated rings. The van der Waals surface area contributed by atoms with Crippen LogP contribution in [0.3, 0.4) is 0 Å². The van der Waals surface area contributed by atoms with Crippen molar-refractivity contribution >= 4 is 16.7 Å². The predicted molar refractivity (Wildman–Crippen MR) is 100 cm³/mol. The van der Waals surface area contributed by atoms with Gasteiger partial charge in [0.1, 0.15) is 12.1 Å². The molecule has 0 saturated heterocycles. The van der Waals surface area contributed by atoms with E-state index in [0.717, 1.165) is 28.0 Å². The highest BCUT2D eigenvalue weighted by Gasteiger charge is 2.23. The molecule has 1 saturated carbocycles. The molecule has 1 aliphatic carbocycles. The van der Waals surface area contributed by atoms with Crippen LogP contribution in [0.25, 0.3) is 22.2 Å². The van der Waals surface area contributed by atoms with E-state index in [4.69, 9.17) is 0 Å². The van der Waals surface area contributed by atoms with Gasteiger partial charge in [0.25, 0.3) is 0 Å². The lowest BCUT2D eigenvalue weighted by molar-refractivity contribution is 0.221. The molecule has 1 aliphatic rings. The van der Waals surface area contributed by atoms with Gasteiger partial charge < -0.3 is 10.2 Å². The van der Waals surface area contributed by atoms with Crippen LogP contribution in [-0.2, 0) is 0 Å². The molecule has 3 aromatic rings. The van der Waals surface area contributed by atoms with E-state index in [1.54, 1.807) is 6.33 Å². The van der Waals surface area contributed by atoms with Gasteiger partial charge in [-0.05, 0) is 58.0 Å². The first-order chi connectivity index (χ1) is 12.2. The number of H-pyrrole nitrogens is 1. The number of rotatable bonds is 4. The third kappa shape index (κ3) is 3.35. The van der Waals surface area contributed by atoms with Crippen molar-refractivity contribution in [3.05, 3.63) is 36.8 Å². The molecule has 2 heterocycles. The van der Waals surface area contributed by atoms with E-state index in [9.17, 15) is 0 Å². The first-order valence-corrected chi connectivity index (χ1v) is 8.88. The van der Waals surface area contributed by atoms with Crippen LogP contribution in [0.15, 0.2) is 36.8 Å². The number of nitrogens with one attached hydrogen (secondary N) is 2. The Hall–Kier alpha value is -2.47. The Morgan fingerprint density at radius 1 is 1.08 bits per heavy atom. The van der Waals surface area contributed by atoms with Crippen LogP contribution in [0, 0.1) is 0 Å². The Morgan fingerprint density at radius 3 is 2.64 bits per heavy atom. The van der Waals surface area contributed by atoms with Crippen LogP contribution in [0.5, 0.6) is 0 Å². The number of hydrogen-bond acceptors (Lipinski definition) is 5. The van der Waals surface area contributed by atoms with E-state index >= 15 is 0 Å². The second-order valence-electron chi connectivity index (χ2n) is 7.03. The number of anilines is 1. The first kappa shape index (κ1) is 16.0. The summed E-state index contributed by atoms with van der Waals surface area (Å²) in [4.78, 5) is 11.3. The average molecular weight is 336 g/mol. The molecule has 6 heteroatoms. The molecule has 0 aliphatic heterocycles. The van der Waals surface area contributed by atoms with Crippen molar-refractivity contribution in [2.24, 2.45) is 0 Å². The maximum Gasteiger partial charge on any atom is 0.137 e. The molecule has 0 unspecified atom stereocenters. The maximum atomic E-state index is 4.52. The molecule has 0 amide bonds. The standard InChI is InChI=1S/C19H24N6/c1-25(2)15-6-4-14(5-7-15)23-19-16-11-13(17-9-10-22-24-17)3-8-18(16)20-12-21-19/h3,8-12,14-15H,4-7H2,1-2H3,(H,22,24)(H,20,21,23)/t14-,15-. The summed E-state index contributed by atoms with van der Waals surface area (Å²) in [5.41, 5.74) is 2.96. The molecule has 0 atom stereocenters. The van der Waals surface area contributed by atoms with E-state index in [2.05, 4.69) is 56.6 Å². The fraction of sp³-hybridized carbons (Fsp3) is 0.421. The van der Waals surface area contributed by atoms with Gasteiger partial charge in [-0.1, -0.05) is 6.07 Å². The molecule has 0 bridgehead atoms. The van der Waals surface area contributed by atoms with Crippen LogP contribution < -0.4 is 5.32 Å². The van der Waals surface area contributed by atoms with Crippen molar-refractivity contribution in [2.45, 2.75) is 37.8 Å². The number of aromatic nitrogens is 4. The third-order valence-electron chi connectivity index (χ3n) is 5.20. The van der Waals surface area contributed by atoms with Crippen LogP contribution in [-0.4, -0.2) is 51.2 Å². The van der Waals surface area contributed by atoms with E-state index in [0.29, 0.717) is 12.1 Å². The zero-order valence-corrected chi connectivity index (χ0v) is 14.7. The van der Waals surface area contributed by atoms with Crippen LogP contribution in [0.2, 0.25) is 0 Å². The summed E-state index contributed by atoms with van der Waals surface area (Å²) in [7, 11) is 4.35. The predicted octanol–water partition coefficient (Wildman–Crippen LogP) is 3.30. The van der Waals surface area contributed by atoms with Crippen LogP contribution in [0.4, 0.5) is 5.82 Å². The highest BCUT2D eigenvalue weighted by Crippen LogP contribution is 2.29. The molecule has 130 valence electrons. The monoisotopic (exact) mass is 336 g/mol. The molecular formula is C19H24N6. The minimum absolute atomic E-state index is 0.475. The van der Waals surface area contributed by atoms with Gasteiger partial charge in [-0.2, -0.15) is 5.10 Å². The number of fused-ring (bicyclic) bond motifs is 1. The average Bonchev–Trinajstić information content (AvgIpc) is 3.17. The fourth-order valence-corrected chi connectivity index (χ4v) is 3.68. The van der Waals surface area contributed by atoms with E-state index < -0.39 is 0 Å². The zero-order chi connectivity index (χ0) is 17.2. The Balaban J connectivity index is 1.58. The minimum atomic E-state index is 0.475. The zero-order valence-electron chi connectivity index (χ0n) is 14.7. The molecule has 0 radical (unpaired) electrons. The lowest BCUT2D eigenvalue weighted by Crippen LogP contribution is -2.36. The summed E-state index contributed by atoms with van der Waals surface area (Å²) in [6.45, 7) is 0. The molecule has 25 heavy (non-hydrogen) atoms. The number of aromatic amines is 1. The Labute approximate surface area is 147 Å². The smallest absolute Gasteiger partial charge is 0.137 e. The van der Waals surface area contributed by atoms with Gasteiger partial charge in [0, 0.05) is 29.2 Å². The number of hydrogen-bond donors (Lipinski definition) is 2. The summed E-state index contributed by atoms with van der Waals surface area (Å²) < 4.78 is 0. The third-order valence-corrected chi connectivity index (χ3v) is 5.20. The van der Waals surface area contributed by atoms with E-state index in [1.807, 2.05) is 18.3 Å². The SMILES string of the molecule is CN(C)[C@H]1CC[C@H](Nc2ncnc3ccc(-c4cc[nH]n4)cc23)CC1. The fourth-order valence-electron chi connectivity index (χ4n) is 3.68. The summed E-state index contributed by atoms with van der Waals surface area (Å²) in [6.07, 6.45) is 8.28. The van der Waals surface area contributed by atoms with E-state index in [1.165, 1.54) is 25.7 Å². The Bertz CT molecular complexity index is 834. The molecule has 2 aromatic heterocycles. The molecule has 2 N–H and O–H groups in total. The molecule has 1 aromatic carbocycles. The minimum Gasteiger partial charge on any atom is -0.367 e. The Kier molecular flexibility index (Phi) is 4.36. The maximum absolute atomic E-state index is 4.52. The summed E-state index contributed by atoms with van der Waals surface area (Å²) in [5.74, 6) is 0.927. The Morgan fingerprint density at radius 2 is 1.92 bits per heavy atom. The van der Waals surface area contributed by atoms with Gasteiger partial charge in [-0.3, -0.25) is 5.10 Å². The molecule has 4 rings (SSSR count). The lowest BCUT2D eigenvalue weighted by atomic mass is 9.90. The van der Waals surface area contributed by atoms with Crippen molar-refractivity contribution in [1.82, 2.24) is 25.1 Å². The van der Waals surface area contributed by atoms with Crippen molar-refractivity contribution in [1.29, 1.82) is 0 Å². The van der Waals surface area contributed by atoms with Gasteiger partial charge in [0.15, 0.2) is 0 Å². The molecule has 0 spiro atoms. The van der Waals surface area contributed by atoms with Crippen molar-refractivity contribution in [3.8, 4) is 11.3 Å². The topological polar surface area (TPSA) is 69.7 Å². The van der Waals surface area contributed by atoms with Crippen molar-refractivity contribution in [2.75, 3.05) is 19.4 Å². The highest BCUT2D eigenvalue weighted by atomic mass is 15.1. The normalized spacial score (nSPS) is 20.9. The molecular weight excluding hydrogens is 312 g/mol. The van der Waals surface area contributed by atoms with Gasteiger partial charge in [0.05, 0.1) is 11.2 Å². The van der Waals surface area contributed by atoms with Gasteiger partial charge in [0.2, 0.25) is 0 Å². The highest BCUT2D eigenvalue weighted by molar-refractivity contribution is 5.92. The van der Waals surface area contributed by atoms with Crippen molar-refractivity contribution in [3.63, 3.8) is 0 Å². The number of nitrogens with zero attached hydrogens (tertiary/aromatic N) is 4. The van der Waals surface area contributed by atoms with Gasteiger partial charge in [-0.15, -0.1) is 0 Å². The number of benzene rings is 1. The van der Waals surface area contributed by atoms with Gasteiger partial charge in [-0.25, -0.2) is 9.97 Å². The first-order valence-electron chi connectivity index (χ1n) is 8.88. The lowest BCUT2D eigenvalue weighted by Gasteiger charge is -2.33. The van der Waals surface area contributed by atoms with Crippen LogP contribution in [0.1, 0.15) is 25.7 Å². The van der Waals surface area contributed by atoms with Crippen LogP contribution >= 0.6 is 0 Å². The summed E-state index contributed by atoms with van der Waals surface area (Å²) in [6, 6.07) is 9.36. The quantitative estimate of drug-likeness (QED) is 0.765. The molecule has 6 nitrogen and oxygen atoms in total. The largest absolute Gasteiger partial charge is 0.367 e. The second kappa shape index (κ2) is 6.80. The van der Waals surface area contributed by atoms with Gasteiger partial charge >= 0.3 is 0 Å². The van der Waals surface area contributed by atoms with Crippen molar-refractivity contribution < 1.29 is 0 Å². The summed E-state index contributed by atoms with van der Waals surface area (Å²) in [5, 5.41) is 11.9. The van der Waals surface area contributed by atoms with E-state index in [-0.39, 0.29) is 0 Å².